The first kappa shape index (κ1) is 26.8. The molecule has 1 heterocycles. The summed E-state index contributed by atoms with van der Waals surface area (Å²) in [5.41, 5.74) is 7.98. The van der Waals surface area contributed by atoms with E-state index in [2.05, 4.69) is 6.92 Å². The van der Waals surface area contributed by atoms with Gasteiger partial charge in [0.25, 0.3) is 0 Å². The number of aliphatic hydroxyl groups excluding tert-OH is 2. The standard InChI is InChI=1S/C34H37NO6/c1-32-12-11-24(37)15-22(32)9-10-25-26-16-29-34(28(39)18-36,33(26,2)17-27(38)30(25)32)41-31(40-29)21-7-3-5-19(13-21)20-6-4-8-23(35)14-20/h3-8,11-15,25-27,29-31,36,38H,9-10,16-18,35H2,1-2H3/t25-,26-,27-,29+,30+,31+,32-,33-,34+/m0/s1. The predicted octanol–water partition coefficient (Wildman–Crippen LogP) is 4.54. The highest BCUT2D eigenvalue weighted by Gasteiger charge is 2.75. The maximum absolute atomic E-state index is 13.8. The number of aliphatic hydroxyl groups is 2. The van der Waals surface area contributed by atoms with Gasteiger partial charge in [-0.15, -0.1) is 0 Å². The van der Waals surface area contributed by atoms with Gasteiger partial charge in [0.15, 0.2) is 23.5 Å². The van der Waals surface area contributed by atoms with Crippen LogP contribution < -0.4 is 5.73 Å². The van der Waals surface area contributed by atoms with Gasteiger partial charge in [-0.2, -0.15) is 0 Å². The molecule has 2 aromatic carbocycles. The third kappa shape index (κ3) is 3.65. The molecule has 2 aromatic rings. The average Bonchev–Trinajstić information content (AvgIpc) is 3.46. The van der Waals surface area contributed by atoms with Crippen molar-refractivity contribution in [3.05, 3.63) is 77.9 Å². The zero-order valence-electron chi connectivity index (χ0n) is 23.5. The van der Waals surface area contributed by atoms with Gasteiger partial charge in [-0.1, -0.05) is 55.8 Å². The molecule has 0 bridgehead atoms. The Balaban J connectivity index is 1.24. The Hall–Kier alpha value is -3.10. The summed E-state index contributed by atoms with van der Waals surface area (Å²) in [6.45, 7) is 3.52. The van der Waals surface area contributed by atoms with Gasteiger partial charge in [0.2, 0.25) is 0 Å². The fraction of sp³-hybridized carbons (Fsp3) is 0.471. The van der Waals surface area contributed by atoms with Gasteiger partial charge in [-0.3, -0.25) is 9.59 Å². The monoisotopic (exact) mass is 555 g/mol. The van der Waals surface area contributed by atoms with Crippen molar-refractivity contribution in [1.29, 1.82) is 0 Å². The first-order chi connectivity index (χ1) is 19.6. The molecule has 5 aliphatic rings. The van der Waals surface area contributed by atoms with Crippen molar-refractivity contribution >= 4 is 17.3 Å². The van der Waals surface area contributed by atoms with Gasteiger partial charge < -0.3 is 25.4 Å². The smallest absolute Gasteiger partial charge is 0.193 e. The van der Waals surface area contributed by atoms with Crippen molar-refractivity contribution in [2.24, 2.45) is 28.6 Å². The van der Waals surface area contributed by atoms with E-state index in [4.69, 9.17) is 15.2 Å². The second-order valence-electron chi connectivity index (χ2n) is 13.1. The number of hydrogen-bond donors (Lipinski definition) is 3. The lowest BCUT2D eigenvalue weighted by Gasteiger charge is -2.59. The van der Waals surface area contributed by atoms with Crippen LogP contribution in [-0.2, 0) is 19.1 Å². The van der Waals surface area contributed by atoms with Gasteiger partial charge in [0.1, 0.15) is 6.61 Å². The molecular weight excluding hydrogens is 518 g/mol. The molecule has 41 heavy (non-hydrogen) atoms. The number of hydrogen-bond acceptors (Lipinski definition) is 7. The van der Waals surface area contributed by atoms with E-state index in [1.54, 1.807) is 12.2 Å². The van der Waals surface area contributed by atoms with E-state index in [0.717, 1.165) is 35.1 Å². The molecule has 4 fully saturated rings. The van der Waals surface area contributed by atoms with Crippen LogP contribution in [0.3, 0.4) is 0 Å². The fourth-order valence-electron chi connectivity index (χ4n) is 9.42. The number of ether oxygens (including phenoxy) is 2. The maximum Gasteiger partial charge on any atom is 0.193 e. The van der Waals surface area contributed by atoms with Crippen LogP contribution in [0.4, 0.5) is 5.69 Å². The van der Waals surface area contributed by atoms with Crippen LogP contribution in [0.1, 0.15) is 51.4 Å². The molecule has 7 nitrogen and oxygen atoms in total. The summed E-state index contributed by atoms with van der Waals surface area (Å²) >= 11 is 0. The molecule has 7 heteroatoms. The van der Waals surface area contributed by atoms with Crippen LogP contribution >= 0.6 is 0 Å². The summed E-state index contributed by atoms with van der Waals surface area (Å²) in [6, 6.07) is 15.5. The number of nitrogen functional groups attached to an aromatic ring is 1. The fourth-order valence-corrected chi connectivity index (χ4v) is 9.42. The Bertz CT molecular complexity index is 1500. The molecule has 4 N–H and O–H groups in total. The van der Waals surface area contributed by atoms with Crippen molar-refractivity contribution in [3.63, 3.8) is 0 Å². The number of carbonyl (C=O) groups excluding carboxylic acids is 2. The van der Waals surface area contributed by atoms with Crippen molar-refractivity contribution in [1.82, 2.24) is 0 Å². The molecule has 0 amide bonds. The number of benzene rings is 2. The van der Waals surface area contributed by atoms with Crippen LogP contribution in [0.5, 0.6) is 0 Å². The van der Waals surface area contributed by atoms with Gasteiger partial charge in [0.05, 0.1) is 12.2 Å². The highest BCUT2D eigenvalue weighted by Crippen LogP contribution is 2.70. The van der Waals surface area contributed by atoms with Crippen LogP contribution in [0.15, 0.2) is 72.3 Å². The lowest BCUT2D eigenvalue weighted by molar-refractivity contribution is -0.201. The number of Topliss-reactive ketones (excluding diaryl/α,β-unsaturated/α-hetero) is 1. The van der Waals surface area contributed by atoms with E-state index in [1.807, 2.05) is 61.5 Å². The van der Waals surface area contributed by atoms with Crippen molar-refractivity contribution in [2.75, 3.05) is 12.3 Å². The molecule has 1 saturated heterocycles. The Morgan fingerprint density at radius 2 is 1.88 bits per heavy atom. The molecule has 4 aliphatic carbocycles. The van der Waals surface area contributed by atoms with Gasteiger partial charge >= 0.3 is 0 Å². The van der Waals surface area contributed by atoms with Crippen LogP contribution in [-0.4, -0.2) is 46.2 Å². The van der Waals surface area contributed by atoms with Crippen molar-refractivity contribution in [2.45, 2.75) is 63.6 Å². The number of nitrogens with two attached hydrogens (primary N) is 1. The van der Waals surface area contributed by atoms with Crippen molar-refractivity contribution in [3.8, 4) is 11.1 Å². The molecule has 7 rings (SSSR count). The number of anilines is 1. The zero-order chi connectivity index (χ0) is 28.7. The summed E-state index contributed by atoms with van der Waals surface area (Å²) in [6.07, 6.45) is 5.88. The van der Waals surface area contributed by atoms with Gasteiger partial charge in [-0.05, 0) is 79.0 Å². The summed E-state index contributed by atoms with van der Waals surface area (Å²) in [4.78, 5) is 25.9. The molecule has 214 valence electrons. The largest absolute Gasteiger partial charge is 0.399 e. The van der Waals surface area contributed by atoms with Gasteiger partial charge in [-0.25, -0.2) is 0 Å². The number of ketones is 2. The van der Waals surface area contributed by atoms with E-state index >= 15 is 0 Å². The molecule has 0 unspecified atom stereocenters. The normalized spacial score (nSPS) is 40.8. The predicted molar refractivity (Wildman–Crippen MR) is 153 cm³/mol. The maximum atomic E-state index is 13.8. The molecule has 9 atom stereocenters. The molecular formula is C34H37NO6. The van der Waals surface area contributed by atoms with E-state index in [1.165, 1.54) is 0 Å². The number of fused-ring (bicyclic) bond motifs is 7. The zero-order valence-corrected chi connectivity index (χ0v) is 23.5. The second kappa shape index (κ2) is 9.20. The summed E-state index contributed by atoms with van der Waals surface area (Å²) in [5, 5.41) is 22.0. The molecule has 0 aromatic heterocycles. The number of carbonyl (C=O) groups is 2. The van der Waals surface area contributed by atoms with Gasteiger partial charge in [0, 0.05) is 28.0 Å². The Morgan fingerprint density at radius 1 is 1.12 bits per heavy atom. The third-order valence-corrected chi connectivity index (χ3v) is 11.2. The first-order valence-electron chi connectivity index (χ1n) is 14.7. The highest BCUT2D eigenvalue weighted by molar-refractivity contribution is 6.01. The molecule has 0 spiro atoms. The Morgan fingerprint density at radius 3 is 2.63 bits per heavy atom. The summed E-state index contributed by atoms with van der Waals surface area (Å²) in [5.74, 6) is -0.286. The quantitative estimate of drug-likeness (QED) is 0.474. The number of rotatable bonds is 4. The van der Waals surface area contributed by atoms with E-state index in [0.29, 0.717) is 18.5 Å². The average molecular weight is 556 g/mol. The molecule has 3 saturated carbocycles. The Labute approximate surface area is 240 Å². The van der Waals surface area contributed by atoms with E-state index < -0.39 is 47.3 Å². The van der Waals surface area contributed by atoms with E-state index in [9.17, 15) is 19.8 Å². The SMILES string of the molecule is C[C@]12C=CC(=O)C=C1CC[C@@H]1[C@@H]2[C@@H](O)C[C@@]2(C)[C@H]1C[C@H]1O[C@@H](c3cccc(-c4cccc(N)c4)c3)O[C@]12C(=O)CO. The highest BCUT2D eigenvalue weighted by atomic mass is 16.7. The van der Waals surface area contributed by atoms with Crippen LogP contribution in [0.2, 0.25) is 0 Å². The van der Waals surface area contributed by atoms with Crippen LogP contribution in [0.25, 0.3) is 11.1 Å². The lowest BCUT2D eigenvalue weighted by Crippen LogP contribution is -2.63. The van der Waals surface area contributed by atoms with E-state index in [-0.39, 0.29) is 23.5 Å². The molecule has 1 aliphatic heterocycles. The second-order valence-corrected chi connectivity index (χ2v) is 13.1. The minimum atomic E-state index is -1.37. The van der Waals surface area contributed by atoms with Crippen molar-refractivity contribution < 1.29 is 29.3 Å². The summed E-state index contributed by atoms with van der Waals surface area (Å²) in [7, 11) is 0. The number of allylic oxidation sites excluding steroid dienone is 4. The topological polar surface area (TPSA) is 119 Å². The van der Waals surface area contributed by atoms with Crippen LogP contribution in [0, 0.1) is 28.6 Å². The Kier molecular flexibility index (Phi) is 6.01. The molecule has 0 radical (unpaired) electrons. The minimum absolute atomic E-state index is 0.00148. The lowest BCUT2D eigenvalue weighted by atomic mass is 9.46. The minimum Gasteiger partial charge on any atom is -0.399 e. The third-order valence-electron chi connectivity index (χ3n) is 11.2. The summed E-state index contributed by atoms with van der Waals surface area (Å²) < 4.78 is 13.3. The first-order valence-corrected chi connectivity index (χ1v) is 14.7.